The van der Waals surface area contributed by atoms with Crippen LogP contribution in [-0.4, -0.2) is 31.2 Å². The Morgan fingerprint density at radius 3 is 2.63 bits per heavy atom. The van der Waals surface area contributed by atoms with Gasteiger partial charge in [-0.05, 0) is 12.1 Å². The van der Waals surface area contributed by atoms with E-state index < -0.39 is 0 Å². The van der Waals surface area contributed by atoms with Gasteiger partial charge in [0.05, 0.1) is 5.69 Å². The molecule has 0 bridgehead atoms. The highest BCUT2D eigenvalue weighted by Gasteiger charge is 2.23. The summed E-state index contributed by atoms with van der Waals surface area (Å²) in [4.78, 5) is 7.11. The van der Waals surface area contributed by atoms with Gasteiger partial charge in [0.25, 0.3) is 0 Å². The van der Waals surface area contributed by atoms with Crippen molar-refractivity contribution in [2.75, 3.05) is 31.1 Å². The molecule has 1 aromatic heterocycles. The first kappa shape index (κ1) is 12.5. The molecule has 1 N–H and O–H groups in total. The first-order chi connectivity index (χ1) is 9.05. The minimum atomic E-state index is -0.0558. The molecule has 1 fully saturated rings. The number of fused-ring (bicyclic) bond motifs is 1. The second-order valence-corrected chi connectivity index (χ2v) is 6.13. The first-order valence-electron chi connectivity index (χ1n) is 6.91. The van der Waals surface area contributed by atoms with E-state index in [0.29, 0.717) is 0 Å². The summed E-state index contributed by atoms with van der Waals surface area (Å²) in [5.74, 6) is 0.810. The van der Waals surface area contributed by atoms with E-state index in [1.54, 1.807) is 0 Å². The molecule has 4 nitrogen and oxygen atoms in total. The summed E-state index contributed by atoms with van der Waals surface area (Å²) in [6.07, 6.45) is 0. The highest BCUT2D eigenvalue weighted by atomic mass is 16.3. The van der Waals surface area contributed by atoms with Crippen LogP contribution in [0.15, 0.2) is 22.6 Å². The van der Waals surface area contributed by atoms with Gasteiger partial charge in [-0.15, -0.1) is 0 Å². The smallest absolute Gasteiger partial charge is 0.200 e. The molecule has 1 saturated heterocycles. The van der Waals surface area contributed by atoms with E-state index in [1.807, 2.05) is 6.07 Å². The van der Waals surface area contributed by atoms with Gasteiger partial charge < -0.3 is 14.6 Å². The van der Waals surface area contributed by atoms with Gasteiger partial charge in [0.15, 0.2) is 5.58 Å². The van der Waals surface area contributed by atoms with Crippen LogP contribution in [0, 0.1) is 0 Å². The fourth-order valence-corrected chi connectivity index (χ4v) is 2.42. The Morgan fingerprint density at radius 1 is 1.21 bits per heavy atom. The first-order valence-corrected chi connectivity index (χ1v) is 6.91. The second-order valence-electron chi connectivity index (χ2n) is 6.13. The summed E-state index contributed by atoms with van der Waals surface area (Å²) in [7, 11) is 0. The molecule has 0 saturated carbocycles. The minimum absolute atomic E-state index is 0.0558. The van der Waals surface area contributed by atoms with Crippen LogP contribution in [0.2, 0.25) is 0 Å². The molecule has 102 valence electrons. The maximum atomic E-state index is 5.91. The Hall–Kier alpha value is -1.55. The van der Waals surface area contributed by atoms with Crippen molar-refractivity contribution in [3.63, 3.8) is 0 Å². The van der Waals surface area contributed by atoms with Crippen LogP contribution in [0.1, 0.15) is 26.7 Å². The Bertz CT molecular complexity index is 577. The van der Waals surface area contributed by atoms with Gasteiger partial charge >= 0.3 is 0 Å². The highest BCUT2D eigenvalue weighted by molar-refractivity contribution is 5.87. The summed E-state index contributed by atoms with van der Waals surface area (Å²) < 4.78 is 5.91. The topological polar surface area (TPSA) is 41.3 Å². The van der Waals surface area contributed by atoms with E-state index in [2.05, 4.69) is 43.1 Å². The van der Waals surface area contributed by atoms with Crippen LogP contribution in [0.3, 0.4) is 0 Å². The number of anilines is 1. The molecule has 2 heterocycles. The zero-order valence-electron chi connectivity index (χ0n) is 11.9. The number of hydrogen-bond donors (Lipinski definition) is 1. The molecule has 1 aromatic carbocycles. The molecule has 0 amide bonds. The molecule has 19 heavy (non-hydrogen) atoms. The lowest BCUT2D eigenvalue weighted by atomic mass is 9.97. The Kier molecular flexibility index (Phi) is 2.97. The van der Waals surface area contributed by atoms with Gasteiger partial charge in [0.1, 0.15) is 5.52 Å². The highest BCUT2D eigenvalue weighted by Crippen LogP contribution is 2.31. The van der Waals surface area contributed by atoms with Crippen LogP contribution in [-0.2, 0) is 5.41 Å². The standard InChI is InChI=1S/C15H21N3O/c1-15(2,3)14-17-13-11(5-4-6-12(13)19-14)18-9-7-16-8-10-18/h4-6,16H,7-10H2,1-3H3. The summed E-state index contributed by atoms with van der Waals surface area (Å²) in [6, 6.07) is 6.20. The summed E-state index contributed by atoms with van der Waals surface area (Å²) in [6.45, 7) is 10.5. The van der Waals surface area contributed by atoms with E-state index in [-0.39, 0.29) is 5.41 Å². The third-order valence-corrected chi connectivity index (χ3v) is 3.50. The van der Waals surface area contributed by atoms with Crippen molar-refractivity contribution in [3.05, 3.63) is 24.1 Å². The number of piperazine rings is 1. The molecule has 3 rings (SSSR count). The number of benzene rings is 1. The van der Waals surface area contributed by atoms with Gasteiger partial charge in [-0.25, -0.2) is 4.98 Å². The second kappa shape index (κ2) is 4.53. The summed E-state index contributed by atoms with van der Waals surface area (Å²) in [5, 5.41) is 3.38. The lowest BCUT2D eigenvalue weighted by molar-refractivity contribution is 0.411. The number of para-hydroxylation sites is 1. The molecule has 0 unspecified atom stereocenters. The molecular weight excluding hydrogens is 238 g/mol. The van der Waals surface area contributed by atoms with Gasteiger partial charge in [0, 0.05) is 31.6 Å². The van der Waals surface area contributed by atoms with Gasteiger partial charge in [-0.3, -0.25) is 0 Å². The monoisotopic (exact) mass is 259 g/mol. The number of rotatable bonds is 1. The average Bonchev–Trinajstić information content (AvgIpc) is 2.83. The maximum Gasteiger partial charge on any atom is 0.200 e. The van der Waals surface area contributed by atoms with Gasteiger partial charge in [0.2, 0.25) is 5.89 Å². The summed E-state index contributed by atoms with van der Waals surface area (Å²) in [5.41, 5.74) is 3.02. The van der Waals surface area contributed by atoms with E-state index in [0.717, 1.165) is 43.2 Å². The number of nitrogens with zero attached hydrogens (tertiary/aromatic N) is 2. The average molecular weight is 259 g/mol. The van der Waals surface area contributed by atoms with E-state index in [4.69, 9.17) is 9.40 Å². The molecule has 0 aliphatic carbocycles. The van der Waals surface area contributed by atoms with Crippen LogP contribution >= 0.6 is 0 Å². The van der Waals surface area contributed by atoms with E-state index >= 15 is 0 Å². The van der Waals surface area contributed by atoms with Crippen LogP contribution in [0.5, 0.6) is 0 Å². The van der Waals surface area contributed by atoms with Gasteiger partial charge in [-0.1, -0.05) is 26.8 Å². The minimum Gasteiger partial charge on any atom is -0.440 e. The zero-order valence-corrected chi connectivity index (χ0v) is 11.9. The van der Waals surface area contributed by atoms with Crippen LogP contribution in [0.4, 0.5) is 5.69 Å². The van der Waals surface area contributed by atoms with Gasteiger partial charge in [-0.2, -0.15) is 0 Å². The van der Waals surface area contributed by atoms with Crippen LogP contribution in [0.25, 0.3) is 11.1 Å². The number of oxazole rings is 1. The molecule has 0 spiro atoms. The van der Waals surface area contributed by atoms with Crippen molar-refractivity contribution in [2.24, 2.45) is 0 Å². The molecule has 1 aliphatic rings. The SMILES string of the molecule is CC(C)(C)c1nc2c(N3CCNCC3)cccc2o1. The fraction of sp³-hybridized carbons (Fsp3) is 0.533. The predicted molar refractivity (Wildman–Crippen MR) is 77.8 cm³/mol. The molecule has 0 atom stereocenters. The maximum absolute atomic E-state index is 5.91. The fourth-order valence-electron chi connectivity index (χ4n) is 2.42. The van der Waals surface area contributed by atoms with Crippen molar-refractivity contribution in [2.45, 2.75) is 26.2 Å². The lowest BCUT2D eigenvalue weighted by Crippen LogP contribution is -2.43. The number of hydrogen-bond acceptors (Lipinski definition) is 4. The van der Waals surface area contributed by atoms with Crippen molar-refractivity contribution >= 4 is 16.8 Å². The summed E-state index contributed by atoms with van der Waals surface area (Å²) >= 11 is 0. The molecular formula is C15H21N3O. The van der Waals surface area contributed by atoms with Crippen molar-refractivity contribution < 1.29 is 4.42 Å². The Balaban J connectivity index is 2.07. The normalized spacial score (nSPS) is 17.1. The Morgan fingerprint density at radius 2 is 1.95 bits per heavy atom. The molecule has 0 radical (unpaired) electrons. The number of nitrogens with one attached hydrogen (secondary N) is 1. The lowest BCUT2D eigenvalue weighted by Gasteiger charge is -2.29. The zero-order chi connectivity index (χ0) is 13.5. The largest absolute Gasteiger partial charge is 0.440 e. The number of aromatic nitrogens is 1. The van der Waals surface area contributed by atoms with Crippen molar-refractivity contribution in [3.8, 4) is 0 Å². The quantitative estimate of drug-likeness (QED) is 0.854. The third-order valence-electron chi connectivity index (χ3n) is 3.50. The Labute approximate surface area is 113 Å². The predicted octanol–water partition coefficient (Wildman–Crippen LogP) is 2.53. The van der Waals surface area contributed by atoms with E-state index in [1.165, 1.54) is 5.69 Å². The van der Waals surface area contributed by atoms with E-state index in [9.17, 15) is 0 Å². The van der Waals surface area contributed by atoms with Crippen LogP contribution < -0.4 is 10.2 Å². The van der Waals surface area contributed by atoms with Crippen molar-refractivity contribution in [1.29, 1.82) is 0 Å². The molecule has 1 aliphatic heterocycles. The third kappa shape index (κ3) is 2.32. The van der Waals surface area contributed by atoms with Crippen molar-refractivity contribution in [1.82, 2.24) is 10.3 Å². The molecule has 4 heteroatoms. The molecule has 2 aromatic rings.